The molecule has 0 aromatic rings. The Kier molecular flexibility index (Phi) is 8.57. The topological polar surface area (TPSA) is 101 Å². The van der Waals surface area contributed by atoms with E-state index in [9.17, 15) is 9.59 Å². The maximum Gasteiger partial charge on any atom is 0.312 e. The molecule has 2 atom stereocenters. The summed E-state index contributed by atoms with van der Waals surface area (Å²) in [4.78, 5) is 25.1. The van der Waals surface area contributed by atoms with Crippen molar-refractivity contribution in [2.24, 2.45) is 17.4 Å². The molecule has 118 valence electrons. The highest BCUT2D eigenvalue weighted by Crippen LogP contribution is 2.20. The number of carbonyl (C=O) groups is 2. The van der Waals surface area contributed by atoms with Crippen LogP contribution < -0.4 is 16.8 Å². The summed E-state index contributed by atoms with van der Waals surface area (Å²) in [5.74, 6) is 0.460. The number of piperidine rings is 1. The van der Waals surface area contributed by atoms with E-state index < -0.39 is 12.1 Å². The van der Waals surface area contributed by atoms with E-state index in [2.05, 4.69) is 5.32 Å². The van der Waals surface area contributed by atoms with Crippen molar-refractivity contribution in [1.82, 2.24) is 10.2 Å². The van der Waals surface area contributed by atoms with Crippen LogP contribution in [0.4, 0.5) is 4.79 Å². The molecule has 1 fully saturated rings. The molecule has 0 aromatic carbocycles. The second-order valence-electron chi connectivity index (χ2n) is 5.37. The third-order valence-corrected chi connectivity index (χ3v) is 3.79. The third-order valence-electron chi connectivity index (χ3n) is 3.79. The maximum absolute atomic E-state index is 12.3. The first-order valence-corrected chi connectivity index (χ1v) is 7.06. The predicted octanol–water partition coefficient (Wildman–Crippen LogP) is 0.831. The minimum Gasteiger partial charge on any atom is -0.352 e. The number of halogens is 1. The zero-order valence-corrected chi connectivity index (χ0v) is 13.1. The zero-order valence-electron chi connectivity index (χ0n) is 12.3. The van der Waals surface area contributed by atoms with Crippen LogP contribution in [0.1, 0.15) is 39.5 Å². The highest BCUT2D eigenvalue weighted by Gasteiger charge is 2.29. The molecule has 0 aliphatic carbocycles. The van der Waals surface area contributed by atoms with Gasteiger partial charge in [0.1, 0.15) is 6.04 Å². The van der Waals surface area contributed by atoms with Gasteiger partial charge in [-0.2, -0.15) is 0 Å². The van der Waals surface area contributed by atoms with E-state index in [0.29, 0.717) is 25.4 Å². The van der Waals surface area contributed by atoms with Gasteiger partial charge < -0.3 is 21.7 Å². The van der Waals surface area contributed by atoms with Gasteiger partial charge in [-0.15, -0.1) is 12.4 Å². The van der Waals surface area contributed by atoms with Gasteiger partial charge >= 0.3 is 6.03 Å². The predicted molar refractivity (Wildman–Crippen MR) is 81.6 cm³/mol. The zero-order chi connectivity index (χ0) is 14.4. The van der Waals surface area contributed by atoms with Gasteiger partial charge in [0.25, 0.3) is 0 Å². The molecule has 5 N–H and O–H groups in total. The molecule has 0 bridgehead atoms. The van der Waals surface area contributed by atoms with Crippen LogP contribution in [-0.2, 0) is 4.79 Å². The molecule has 20 heavy (non-hydrogen) atoms. The summed E-state index contributed by atoms with van der Waals surface area (Å²) in [6.07, 6.45) is 3.31. The Hall–Kier alpha value is -1.01. The molecular formula is C13H27ClN4O2. The fourth-order valence-corrected chi connectivity index (χ4v) is 2.58. The monoisotopic (exact) mass is 306 g/mol. The number of likely N-dealkylation sites (tertiary alicyclic amines) is 1. The van der Waals surface area contributed by atoms with Gasteiger partial charge in [0, 0.05) is 19.1 Å². The number of amides is 3. The Morgan fingerprint density at radius 1 is 1.35 bits per heavy atom. The van der Waals surface area contributed by atoms with Crippen molar-refractivity contribution in [2.75, 3.05) is 13.1 Å². The summed E-state index contributed by atoms with van der Waals surface area (Å²) in [5, 5.41) is 2.53. The number of nitrogens with one attached hydrogen (secondary N) is 1. The first-order chi connectivity index (χ1) is 8.95. The molecule has 0 saturated carbocycles. The van der Waals surface area contributed by atoms with Gasteiger partial charge in [0.05, 0.1) is 0 Å². The normalized spacial score (nSPS) is 18.9. The van der Waals surface area contributed by atoms with Crippen molar-refractivity contribution in [3.05, 3.63) is 0 Å². The number of hydrogen-bond donors (Lipinski definition) is 3. The molecule has 1 aliphatic rings. The van der Waals surface area contributed by atoms with Crippen molar-refractivity contribution in [2.45, 2.75) is 51.6 Å². The Morgan fingerprint density at radius 2 is 1.90 bits per heavy atom. The fraction of sp³-hybridized carbons (Fsp3) is 0.846. The lowest BCUT2D eigenvalue weighted by Crippen LogP contribution is -2.52. The van der Waals surface area contributed by atoms with E-state index in [1.807, 2.05) is 18.7 Å². The Labute approximate surface area is 127 Å². The lowest BCUT2D eigenvalue weighted by molar-refractivity contribution is -0.134. The van der Waals surface area contributed by atoms with E-state index in [0.717, 1.165) is 19.3 Å². The van der Waals surface area contributed by atoms with Crippen molar-refractivity contribution in [3.63, 3.8) is 0 Å². The van der Waals surface area contributed by atoms with Gasteiger partial charge in [0.15, 0.2) is 0 Å². The Morgan fingerprint density at radius 3 is 2.30 bits per heavy atom. The quantitative estimate of drug-likeness (QED) is 0.701. The maximum atomic E-state index is 12.3. The SMILES string of the molecule is CCC[C@@H](NC(N)=O)C(=O)N1CCC(C(C)N)CC1.Cl. The first-order valence-electron chi connectivity index (χ1n) is 7.06. The number of carbonyl (C=O) groups excluding carboxylic acids is 2. The van der Waals surface area contributed by atoms with Crippen molar-refractivity contribution in [1.29, 1.82) is 0 Å². The molecule has 1 saturated heterocycles. The average Bonchev–Trinajstić information content (AvgIpc) is 2.37. The average molecular weight is 307 g/mol. The van der Waals surface area contributed by atoms with Crippen LogP contribution in [0.2, 0.25) is 0 Å². The second kappa shape index (κ2) is 9.02. The fourth-order valence-electron chi connectivity index (χ4n) is 2.58. The summed E-state index contributed by atoms with van der Waals surface area (Å²) in [6, 6.07) is -0.959. The highest BCUT2D eigenvalue weighted by molar-refractivity contribution is 5.86. The lowest BCUT2D eigenvalue weighted by Gasteiger charge is -2.35. The number of hydrogen-bond acceptors (Lipinski definition) is 3. The summed E-state index contributed by atoms with van der Waals surface area (Å²) in [5.41, 5.74) is 11.0. The summed E-state index contributed by atoms with van der Waals surface area (Å²) < 4.78 is 0. The second-order valence-corrected chi connectivity index (χ2v) is 5.37. The minimum atomic E-state index is -0.641. The molecule has 0 spiro atoms. The number of urea groups is 1. The molecule has 7 heteroatoms. The van der Waals surface area contributed by atoms with Crippen LogP contribution in [-0.4, -0.2) is 42.0 Å². The Bertz CT molecular complexity index is 317. The van der Waals surface area contributed by atoms with Gasteiger partial charge in [-0.05, 0) is 32.1 Å². The Balaban J connectivity index is 0.00000361. The van der Waals surface area contributed by atoms with Crippen molar-refractivity contribution in [3.8, 4) is 0 Å². The van der Waals surface area contributed by atoms with Crippen LogP contribution in [0.25, 0.3) is 0 Å². The summed E-state index contributed by atoms with van der Waals surface area (Å²) >= 11 is 0. The molecule has 1 unspecified atom stereocenters. The van der Waals surface area contributed by atoms with E-state index in [1.165, 1.54) is 0 Å². The largest absolute Gasteiger partial charge is 0.352 e. The third kappa shape index (κ3) is 5.54. The van der Waals surface area contributed by atoms with E-state index in [4.69, 9.17) is 11.5 Å². The van der Waals surface area contributed by atoms with Crippen LogP contribution in [0.5, 0.6) is 0 Å². The first kappa shape index (κ1) is 19.0. The van der Waals surface area contributed by atoms with Gasteiger partial charge in [0.2, 0.25) is 5.91 Å². The standard InChI is InChI=1S/C13H26N4O2.ClH/c1-3-4-11(16-13(15)19)12(18)17-7-5-10(6-8-17)9(2)14;/h9-11H,3-8,14H2,1-2H3,(H3,15,16,19);1H/t9?,11-;/m1./s1. The molecule has 0 aromatic heterocycles. The number of nitrogens with two attached hydrogens (primary N) is 2. The summed E-state index contributed by atoms with van der Waals surface area (Å²) in [7, 11) is 0. The van der Waals surface area contributed by atoms with E-state index in [1.54, 1.807) is 0 Å². The number of nitrogens with zero attached hydrogens (tertiary/aromatic N) is 1. The summed E-state index contributed by atoms with van der Waals surface area (Å²) in [6.45, 7) is 5.42. The molecule has 1 aliphatic heterocycles. The minimum absolute atomic E-state index is 0. The van der Waals surface area contributed by atoms with Crippen LogP contribution in [0.3, 0.4) is 0 Å². The molecular weight excluding hydrogens is 280 g/mol. The molecule has 3 amide bonds. The molecule has 1 heterocycles. The van der Waals surface area contributed by atoms with Crippen LogP contribution in [0.15, 0.2) is 0 Å². The van der Waals surface area contributed by atoms with Crippen molar-refractivity contribution < 1.29 is 9.59 Å². The van der Waals surface area contributed by atoms with E-state index >= 15 is 0 Å². The molecule has 0 radical (unpaired) electrons. The lowest BCUT2D eigenvalue weighted by atomic mass is 9.90. The van der Waals surface area contributed by atoms with Crippen molar-refractivity contribution >= 4 is 24.3 Å². The number of primary amides is 1. The smallest absolute Gasteiger partial charge is 0.312 e. The van der Waals surface area contributed by atoms with Gasteiger partial charge in [-0.3, -0.25) is 4.79 Å². The molecule has 1 rings (SSSR count). The van der Waals surface area contributed by atoms with Gasteiger partial charge in [-0.1, -0.05) is 13.3 Å². The molecule has 6 nitrogen and oxygen atoms in total. The van der Waals surface area contributed by atoms with Gasteiger partial charge in [-0.25, -0.2) is 4.79 Å². The highest BCUT2D eigenvalue weighted by atomic mass is 35.5. The van der Waals surface area contributed by atoms with Crippen LogP contribution >= 0.6 is 12.4 Å². The van der Waals surface area contributed by atoms with E-state index in [-0.39, 0.29) is 24.4 Å². The number of rotatable bonds is 5. The van der Waals surface area contributed by atoms with Crippen LogP contribution in [0, 0.1) is 5.92 Å².